The Hall–Kier alpha value is -1.20. The molecule has 108 valence electrons. The molecule has 0 atom stereocenters. The van der Waals surface area contributed by atoms with Gasteiger partial charge in [0.1, 0.15) is 17.3 Å². The minimum absolute atomic E-state index is 0.515. The topological polar surface area (TPSA) is 47.0 Å². The van der Waals surface area contributed by atoms with Crippen molar-refractivity contribution in [2.24, 2.45) is 5.92 Å². The predicted octanol–water partition coefficient (Wildman–Crippen LogP) is 3.83. The normalized spacial score (nSPS) is 14.8. The van der Waals surface area contributed by atoms with Crippen LogP contribution >= 0.6 is 11.3 Å². The number of hydrogen-bond donors (Lipinski definition) is 1. The largest absolute Gasteiger partial charge is 0.373 e. The molecular weight excluding hydrogens is 270 g/mol. The number of nitrogens with zero attached hydrogens (tertiary/aromatic N) is 2. The van der Waals surface area contributed by atoms with Crippen molar-refractivity contribution in [3.8, 4) is 0 Å². The maximum Gasteiger partial charge on any atom is 0.158 e. The molecule has 2 heterocycles. The molecule has 0 saturated heterocycles. The van der Waals surface area contributed by atoms with Crippen molar-refractivity contribution in [3.05, 3.63) is 17.3 Å². The van der Waals surface area contributed by atoms with Gasteiger partial charge in [0.2, 0.25) is 0 Å². The second-order valence-corrected chi connectivity index (χ2v) is 6.23. The summed E-state index contributed by atoms with van der Waals surface area (Å²) in [5, 5.41) is 6.56. The maximum atomic E-state index is 5.71. The van der Waals surface area contributed by atoms with Crippen LogP contribution in [0.15, 0.2) is 11.4 Å². The van der Waals surface area contributed by atoms with Crippen molar-refractivity contribution in [1.29, 1.82) is 0 Å². The van der Waals surface area contributed by atoms with Crippen LogP contribution in [0.25, 0.3) is 10.2 Å². The average Bonchev–Trinajstić information content (AvgIpc) is 3.16. The summed E-state index contributed by atoms with van der Waals surface area (Å²) in [5.74, 6) is 2.64. The fourth-order valence-electron chi connectivity index (χ4n) is 2.16. The lowest BCUT2D eigenvalue weighted by Crippen LogP contribution is -2.07. The van der Waals surface area contributed by atoms with Crippen molar-refractivity contribution in [2.75, 3.05) is 18.5 Å². The molecule has 1 aliphatic rings. The number of fused-ring (bicyclic) bond motifs is 1. The Bertz CT molecular complexity index is 565. The molecule has 0 aliphatic heterocycles. The lowest BCUT2D eigenvalue weighted by atomic mass is 10.3. The summed E-state index contributed by atoms with van der Waals surface area (Å²) < 4.78 is 5.71. The Kier molecular flexibility index (Phi) is 4.47. The first-order valence-corrected chi connectivity index (χ1v) is 8.30. The first kappa shape index (κ1) is 13.8. The SMILES string of the molecule is CCCNc1nc(COCCC2CC2)nc2sccc12. The standard InChI is InChI=1S/C15H21N3OS/c1-2-7-16-14-12-6-9-20-15(12)18-13(17-14)10-19-8-5-11-3-4-11/h6,9,11H,2-5,7-8,10H2,1H3,(H,16,17,18). The van der Waals surface area contributed by atoms with Crippen LogP contribution in [0.3, 0.4) is 0 Å². The highest BCUT2D eigenvalue weighted by Crippen LogP contribution is 2.32. The highest BCUT2D eigenvalue weighted by Gasteiger charge is 2.20. The average molecular weight is 291 g/mol. The molecule has 1 saturated carbocycles. The second-order valence-electron chi connectivity index (χ2n) is 5.34. The van der Waals surface area contributed by atoms with E-state index in [0.29, 0.717) is 6.61 Å². The number of ether oxygens (including phenoxy) is 1. The van der Waals surface area contributed by atoms with Gasteiger partial charge in [-0.3, -0.25) is 0 Å². The van der Waals surface area contributed by atoms with Crippen LogP contribution in [-0.4, -0.2) is 23.1 Å². The highest BCUT2D eigenvalue weighted by molar-refractivity contribution is 7.16. The van der Waals surface area contributed by atoms with E-state index in [1.807, 2.05) is 0 Å². The minimum Gasteiger partial charge on any atom is -0.373 e. The Morgan fingerprint density at radius 2 is 2.30 bits per heavy atom. The molecule has 20 heavy (non-hydrogen) atoms. The molecule has 0 aromatic carbocycles. The Morgan fingerprint density at radius 3 is 3.10 bits per heavy atom. The number of thiophene rings is 1. The van der Waals surface area contributed by atoms with Crippen LogP contribution in [0, 0.1) is 5.92 Å². The van der Waals surface area contributed by atoms with Gasteiger partial charge in [-0.1, -0.05) is 19.8 Å². The van der Waals surface area contributed by atoms with Gasteiger partial charge in [-0.05, 0) is 30.2 Å². The lowest BCUT2D eigenvalue weighted by molar-refractivity contribution is 0.110. The zero-order valence-electron chi connectivity index (χ0n) is 11.9. The Morgan fingerprint density at radius 1 is 1.40 bits per heavy atom. The van der Waals surface area contributed by atoms with E-state index >= 15 is 0 Å². The molecule has 3 rings (SSSR count). The summed E-state index contributed by atoms with van der Waals surface area (Å²) in [6.45, 7) is 4.43. The summed E-state index contributed by atoms with van der Waals surface area (Å²) >= 11 is 1.66. The molecule has 2 aromatic rings. The minimum atomic E-state index is 0.515. The van der Waals surface area contributed by atoms with E-state index in [1.54, 1.807) is 11.3 Å². The van der Waals surface area contributed by atoms with Crippen LogP contribution in [0.5, 0.6) is 0 Å². The first-order valence-electron chi connectivity index (χ1n) is 7.42. The predicted molar refractivity (Wildman–Crippen MR) is 83.2 cm³/mol. The molecule has 1 N–H and O–H groups in total. The zero-order chi connectivity index (χ0) is 13.8. The number of nitrogens with one attached hydrogen (secondary N) is 1. The van der Waals surface area contributed by atoms with E-state index in [4.69, 9.17) is 4.74 Å². The summed E-state index contributed by atoms with van der Waals surface area (Å²) in [5.41, 5.74) is 0. The van der Waals surface area contributed by atoms with Gasteiger partial charge in [0, 0.05) is 13.2 Å². The molecule has 0 radical (unpaired) electrons. The molecule has 2 aromatic heterocycles. The van der Waals surface area contributed by atoms with Gasteiger partial charge in [-0.2, -0.15) is 0 Å². The number of anilines is 1. The summed E-state index contributed by atoms with van der Waals surface area (Å²) in [6.07, 6.45) is 5.03. The molecule has 0 bridgehead atoms. The van der Waals surface area contributed by atoms with Crippen molar-refractivity contribution in [1.82, 2.24) is 9.97 Å². The van der Waals surface area contributed by atoms with Crippen LogP contribution in [0.2, 0.25) is 0 Å². The van der Waals surface area contributed by atoms with Gasteiger partial charge in [-0.25, -0.2) is 9.97 Å². The van der Waals surface area contributed by atoms with E-state index in [2.05, 4.69) is 33.7 Å². The van der Waals surface area contributed by atoms with Gasteiger partial charge in [0.25, 0.3) is 0 Å². The van der Waals surface area contributed by atoms with E-state index in [0.717, 1.165) is 47.3 Å². The molecular formula is C15H21N3OS. The smallest absolute Gasteiger partial charge is 0.158 e. The fraction of sp³-hybridized carbons (Fsp3) is 0.600. The molecule has 5 heteroatoms. The van der Waals surface area contributed by atoms with Gasteiger partial charge < -0.3 is 10.1 Å². The summed E-state index contributed by atoms with van der Waals surface area (Å²) in [7, 11) is 0. The molecule has 4 nitrogen and oxygen atoms in total. The zero-order valence-corrected chi connectivity index (χ0v) is 12.7. The third-order valence-electron chi connectivity index (χ3n) is 3.51. The van der Waals surface area contributed by atoms with Crippen molar-refractivity contribution in [3.63, 3.8) is 0 Å². The molecule has 0 amide bonds. The van der Waals surface area contributed by atoms with Crippen LogP contribution in [0.1, 0.15) is 38.4 Å². The number of hydrogen-bond acceptors (Lipinski definition) is 5. The summed E-state index contributed by atoms with van der Waals surface area (Å²) in [6, 6.07) is 2.08. The molecule has 0 spiro atoms. The van der Waals surface area contributed by atoms with E-state index in [1.165, 1.54) is 19.3 Å². The van der Waals surface area contributed by atoms with Crippen LogP contribution in [0.4, 0.5) is 5.82 Å². The molecule has 0 unspecified atom stereocenters. The van der Waals surface area contributed by atoms with Crippen molar-refractivity contribution < 1.29 is 4.74 Å². The van der Waals surface area contributed by atoms with E-state index < -0.39 is 0 Å². The Labute approximate surface area is 123 Å². The highest BCUT2D eigenvalue weighted by atomic mass is 32.1. The molecule has 1 aliphatic carbocycles. The first-order chi connectivity index (χ1) is 9.86. The fourth-order valence-corrected chi connectivity index (χ4v) is 2.95. The van der Waals surface area contributed by atoms with Crippen LogP contribution < -0.4 is 5.32 Å². The van der Waals surface area contributed by atoms with Gasteiger partial charge in [0.05, 0.1) is 5.39 Å². The van der Waals surface area contributed by atoms with E-state index in [9.17, 15) is 0 Å². The monoisotopic (exact) mass is 291 g/mol. The lowest BCUT2D eigenvalue weighted by Gasteiger charge is -2.08. The van der Waals surface area contributed by atoms with Crippen molar-refractivity contribution in [2.45, 2.75) is 39.2 Å². The third-order valence-corrected chi connectivity index (χ3v) is 4.32. The molecule has 1 fully saturated rings. The van der Waals surface area contributed by atoms with Gasteiger partial charge >= 0.3 is 0 Å². The maximum absolute atomic E-state index is 5.71. The van der Waals surface area contributed by atoms with Crippen molar-refractivity contribution >= 4 is 27.4 Å². The Balaban J connectivity index is 1.65. The number of aromatic nitrogens is 2. The summed E-state index contributed by atoms with van der Waals surface area (Å²) in [4.78, 5) is 10.2. The second kappa shape index (κ2) is 6.50. The van der Waals surface area contributed by atoms with Gasteiger partial charge in [0.15, 0.2) is 5.82 Å². The number of rotatable bonds is 8. The van der Waals surface area contributed by atoms with E-state index in [-0.39, 0.29) is 0 Å². The van der Waals surface area contributed by atoms with Crippen LogP contribution in [-0.2, 0) is 11.3 Å². The third kappa shape index (κ3) is 3.46. The van der Waals surface area contributed by atoms with Gasteiger partial charge in [-0.15, -0.1) is 11.3 Å². The quantitative estimate of drug-likeness (QED) is 0.751.